The summed E-state index contributed by atoms with van der Waals surface area (Å²) in [5.74, 6) is 1.35. The van der Waals surface area contributed by atoms with Crippen LogP contribution in [0.15, 0.2) is 170 Å². The van der Waals surface area contributed by atoms with Crippen molar-refractivity contribution < 1.29 is 28.9 Å². The van der Waals surface area contributed by atoms with E-state index in [-0.39, 0.29) is 38.1 Å². The summed E-state index contributed by atoms with van der Waals surface area (Å²) < 4.78 is 21.1. The standard InChI is InChI=1S/C64H60N3O.Pt/c1-64(2,3)54-31-33-61(68)57(42-54)63-66-62-55(24-15-25-60(62)67(63)59-32-26-44(36-43-16-13-14-17-43)37-56(59)49-22-11-6-12-23-49)52-38-51(46-20-9-5-10-21-46)39-53(40-52)58-41-50(34-35-65-58)48-29-27-47(28-30-48)45-18-7-4-8-19-45;/h5-6,9-12,15,20-35,37-39,41-43,45,68H,4,7-8,13-14,16-19,36H2,1-3H3;/q-1;/i36D2;. The molecule has 0 unspecified atom stereocenters. The number of phenols is 1. The van der Waals surface area contributed by atoms with Gasteiger partial charge in [-0.3, -0.25) is 9.55 Å². The average Bonchev–Trinajstić information content (AvgIpc) is 4.09. The molecule has 2 heterocycles. The van der Waals surface area contributed by atoms with Crippen molar-refractivity contribution in [3.05, 3.63) is 193 Å². The van der Waals surface area contributed by atoms with Crippen LogP contribution in [-0.4, -0.2) is 19.6 Å². The van der Waals surface area contributed by atoms with Gasteiger partial charge in [0, 0.05) is 41.3 Å². The van der Waals surface area contributed by atoms with Gasteiger partial charge in [-0.2, -0.15) is 0 Å². The van der Waals surface area contributed by atoms with Crippen LogP contribution >= 0.6 is 0 Å². The van der Waals surface area contributed by atoms with Crippen LogP contribution in [0.1, 0.15) is 104 Å². The van der Waals surface area contributed by atoms with Crippen LogP contribution in [0.2, 0.25) is 0 Å². The van der Waals surface area contributed by atoms with Crippen molar-refractivity contribution in [3.8, 4) is 78.6 Å². The van der Waals surface area contributed by atoms with Crippen molar-refractivity contribution >= 4 is 11.0 Å². The van der Waals surface area contributed by atoms with Crippen molar-refractivity contribution in [2.45, 2.75) is 96.3 Å². The first kappa shape index (κ1) is 43.9. The van der Waals surface area contributed by atoms with Crippen LogP contribution in [0.3, 0.4) is 0 Å². The molecule has 0 bridgehead atoms. The third-order valence-electron chi connectivity index (χ3n) is 14.5. The van der Waals surface area contributed by atoms with Crippen LogP contribution in [0, 0.1) is 12.0 Å². The number of hydrogen-bond donors (Lipinski definition) is 1. The van der Waals surface area contributed by atoms with E-state index in [1.165, 1.54) is 43.2 Å². The molecule has 4 nitrogen and oxygen atoms in total. The predicted octanol–water partition coefficient (Wildman–Crippen LogP) is 17.0. The SMILES string of the molecule is [2H]C([2H])(c1ccc(-n2c(-c3cc(C(C)(C)C)ccc3O)nc3c(-c4[c-]c(-c5cc(-c6ccc(C7CCCCC7)cc6)ccn5)cc(-c5ccccc5)c4)cccc32)c(-c2ccccc2)c1)C1CCCC1.[Pt]. The average molecular weight is 1080 g/mol. The van der Waals surface area contributed by atoms with Gasteiger partial charge in [0.2, 0.25) is 0 Å². The molecule has 2 aromatic heterocycles. The number of aromatic hydroxyl groups is 1. The first-order chi connectivity index (χ1) is 34.0. The van der Waals surface area contributed by atoms with Crippen LogP contribution in [0.4, 0.5) is 0 Å². The summed E-state index contributed by atoms with van der Waals surface area (Å²) in [5, 5.41) is 11.9. The number of para-hydroxylation sites is 1. The summed E-state index contributed by atoms with van der Waals surface area (Å²) in [6, 6.07) is 60.7. The van der Waals surface area contributed by atoms with Crippen molar-refractivity contribution in [2.24, 2.45) is 5.92 Å². The van der Waals surface area contributed by atoms with Gasteiger partial charge >= 0.3 is 0 Å². The molecule has 2 fully saturated rings. The van der Waals surface area contributed by atoms with Gasteiger partial charge in [-0.25, -0.2) is 4.98 Å². The zero-order valence-electron chi connectivity index (χ0n) is 41.8. The van der Waals surface area contributed by atoms with E-state index in [1.54, 1.807) is 6.07 Å². The summed E-state index contributed by atoms with van der Waals surface area (Å²) >= 11 is 0. The number of phenolic OH excluding ortho intramolecular Hbond substituents is 1. The van der Waals surface area contributed by atoms with Gasteiger partial charge in [0.15, 0.2) is 0 Å². The predicted molar refractivity (Wildman–Crippen MR) is 282 cm³/mol. The molecule has 2 saturated carbocycles. The number of pyridine rings is 1. The Morgan fingerprint density at radius 3 is 2.04 bits per heavy atom. The summed E-state index contributed by atoms with van der Waals surface area (Å²) in [4.78, 5) is 10.6. The zero-order chi connectivity index (χ0) is 48.0. The molecule has 11 rings (SSSR count). The van der Waals surface area contributed by atoms with Crippen LogP contribution < -0.4 is 0 Å². The second-order valence-corrected chi connectivity index (χ2v) is 20.1. The van der Waals surface area contributed by atoms with Crippen molar-refractivity contribution in [2.75, 3.05) is 0 Å². The Labute approximate surface area is 425 Å². The minimum absolute atomic E-state index is 0. The quantitative estimate of drug-likeness (QED) is 0.139. The second kappa shape index (κ2) is 19.9. The third-order valence-corrected chi connectivity index (χ3v) is 14.5. The Hall–Kier alpha value is -6.35. The number of fused-ring (bicyclic) bond motifs is 1. The van der Waals surface area contributed by atoms with E-state index in [0.717, 1.165) is 98.2 Å². The second-order valence-electron chi connectivity index (χ2n) is 20.1. The van der Waals surface area contributed by atoms with Gasteiger partial charge in [0.1, 0.15) is 11.6 Å². The van der Waals surface area contributed by atoms with Crippen LogP contribution in [-0.2, 0) is 32.9 Å². The Kier molecular flexibility index (Phi) is 12.7. The van der Waals surface area contributed by atoms with Gasteiger partial charge in [-0.1, -0.05) is 198 Å². The summed E-state index contributed by atoms with van der Waals surface area (Å²) in [5.41, 5.74) is 15.8. The van der Waals surface area contributed by atoms with Crippen LogP contribution in [0.25, 0.3) is 83.9 Å². The Balaban J connectivity index is 0.00000582. The fourth-order valence-corrected chi connectivity index (χ4v) is 10.7. The number of benzene rings is 7. The molecular weight excluding hydrogens is 1020 g/mol. The molecule has 0 saturated heterocycles. The van der Waals surface area contributed by atoms with Gasteiger partial charge in [-0.05, 0) is 112 Å². The zero-order valence-corrected chi connectivity index (χ0v) is 42.1. The van der Waals surface area contributed by atoms with Crippen LogP contribution in [0.5, 0.6) is 5.75 Å². The molecule has 0 aliphatic heterocycles. The first-order valence-corrected chi connectivity index (χ1v) is 24.8. The van der Waals surface area contributed by atoms with Gasteiger partial charge in [-0.15, -0.1) is 23.8 Å². The van der Waals surface area contributed by atoms with E-state index in [9.17, 15) is 7.85 Å². The largest absolute Gasteiger partial charge is 0.507 e. The number of hydrogen-bond acceptors (Lipinski definition) is 3. The Morgan fingerprint density at radius 2 is 1.30 bits per heavy atom. The maximum Gasteiger partial charge on any atom is 0.148 e. The molecule has 2 aliphatic carbocycles. The number of rotatable bonds is 10. The number of imidazole rings is 1. The summed E-state index contributed by atoms with van der Waals surface area (Å²) in [6.07, 6.45) is 10.8. The van der Waals surface area contributed by atoms with E-state index in [0.29, 0.717) is 22.9 Å². The third kappa shape index (κ3) is 9.66. The molecule has 1 N–H and O–H groups in total. The van der Waals surface area contributed by atoms with E-state index in [4.69, 9.17) is 9.97 Å². The Morgan fingerprint density at radius 1 is 0.609 bits per heavy atom. The van der Waals surface area contributed by atoms with Gasteiger partial charge in [0.25, 0.3) is 0 Å². The van der Waals surface area contributed by atoms with E-state index in [1.807, 2.05) is 42.6 Å². The van der Waals surface area contributed by atoms with Crippen molar-refractivity contribution in [1.82, 2.24) is 14.5 Å². The molecule has 7 aromatic carbocycles. The van der Waals surface area contributed by atoms with Crippen molar-refractivity contribution in [3.63, 3.8) is 0 Å². The summed E-state index contributed by atoms with van der Waals surface area (Å²) in [7, 11) is 0. The fraction of sp³-hybridized carbons (Fsp3) is 0.250. The first-order valence-electron chi connectivity index (χ1n) is 25.8. The molecule has 0 atom stereocenters. The number of aromatic nitrogens is 3. The van der Waals surface area contributed by atoms with E-state index in [2.05, 4.69) is 153 Å². The maximum absolute atomic E-state index is 11.9. The molecule has 0 radical (unpaired) electrons. The van der Waals surface area contributed by atoms with E-state index < -0.39 is 6.37 Å². The fourth-order valence-electron chi connectivity index (χ4n) is 10.7. The molecule has 5 heteroatoms. The molecule has 69 heavy (non-hydrogen) atoms. The Bertz CT molecular complexity index is 3330. The minimum Gasteiger partial charge on any atom is -0.507 e. The summed E-state index contributed by atoms with van der Waals surface area (Å²) in [6.45, 7) is 6.54. The topological polar surface area (TPSA) is 50.9 Å². The van der Waals surface area contributed by atoms with E-state index >= 15 is 0 Å². The molecular formula is C64H60N3OPt-. The maximum atomic E-state index is 11.9. The minimum atomic E-state index is -1.49. The van der Waals surface area contributed by atoms with Gasteiger partial charge in [0.05, 0.1) is 22.3 Å². The normalized spacial score (nSPS) is 15.2. The molecule has 348 valence electrons. The molecule has 9 aromatic rings. The van der Waals surface area contributed by atoms with Gasteiger partial charge < -0.3 is 5.11 Å². The van der Waals surface area contributed by atoms with Crippen molar-refractivity contribution in [1.29, 1.82) is 0 Å². The molecule has 0 amide bonds. The monoisotopic (exact) mass is 1080 g/mol. The molecule has 2 aliphatic rings. The molecule has 0 spiro atoms. The smallest absolute Gasteiger partial charge is 0.148 e. The number of nitrogens with zero attached hydrogens (tertiary/aromatic N) is 3.